The zero-order valence-electron chi connectivity index (χ0n) is 12.4. The average molecular weight is 258 g/mol. The van der Waals surface area contributed by atoms with Crippen LogP contribution in [0.15, 0.2) is 0 Å². The molecule has 3 unspecified atom stereocenters. The summed E-state index contributed by atoms with van der Waals surface area (Å²) in [6.07, 6.45) is 6.17. The SMILES string of the molecule is CCCC1CCC(O)C(OCCC(C)(C)OC)C1. The molecule has 1 N–H and O–H groups in total. The van der Waals surface area contributed by atoms with Crippen molar-refractivity contribution in [3.8, 4) is 0 Å². The van der Waals surface area contributed by atoms with Gasteiger partial charge in [0.05, 0.1) is 17.8 Å². The summed E-state index contributed by atoms with van der Waals surface area (Å²) in [4.78, 5) is 0. The topological polar surface area (TPSA) is 38.7 Å². The highest BCUT2D eigenvalue weighted by Crippen LogP contribution is 2.30. The molecule has 3 nitrogen and oxygen atoms in total. The Morgan fingerprint density at radius 1 is 1.28 bits per heavy atom. The van der Waals surface area contributed by atoms with Crippen molar-refractivity contribution < 1.29 is 14.6 Å². The molecule has 0 saturated heterocycles. The molecular formula is C15H30O3. The summed E-state index contributed by atoms with van der Waals surface area (Å²) >= 11 is 0. The third-order valence-corrected chi connectivity index (χ3v) is 4.15. The van der Waals surface area contributed by atoms with Crippen LogP contribution in [-0.2, 0) is 9.47 Å². The van der Waals surface area contributed by atoms with Crippen LogP contribution < -0.4 is 0 Å². The van der Waals surface area contributed by atoms with E-state index in [1.54, 1.807) is 7.11 Å². The predicted molar refractivity (Wildman–Crippen MR) is 73.7 cm³/mol. The average Bonchev–Trinajstić information content (AvgIpc) is 2.33. The second-order valence-electron chi connectivity index (χ2n) is 6.16. The highest BCUT2D eigenvalue weighted by molar-refractivity contribution is 4.80. The van der Waals surface area contributed by atoms with Gasteiger partial charge in [-0.2, -0.15) is 0 Å². The first-order valence-electron chi connectivity index (χ1n) is 7.33. The van der Waals surface area contributed by atoms with Crippen LogP contribution in [0.3, 0.4) is 0 Å². The number of ether oxygens (including phenoxy) is 2. The van der Waals surface area contributed by atoms with Gasteiger partial charge in [-0.25, -0.2) is 0 Å². The minimum atomic E-state index is -0.274. The zero-order valence-corrected chi connectivity index (χ0v) is 12.4. The highest BCUT2D eigenvalue weighted by atomic mass is 16.5. The number of aliphatic hydroxyl groups is 1. The Bertz CT molecular complexity index is 228. The number of aliphatic hydroxyl groups excluding tert-OH is 1. The van der Waals surface area contributed by atoms with Crippen LogP contribution in [0.4, 0.5) is 0 Å². The van der Waals surface area contributed by atoms with Gasteiger partial charge in [0.2, 0.25) is 0 Å². The Hall–Kier alpha value is -0.120. The van der Waals surface area contributed by atoms with E-state index in [2.05, 4.69) is 20.8 Å². The van der Waals surface area contributed by atoms with Gasteiger partial charge < -0.3 is 14.6 Å². The van der Waals surface area contributed by atoms with Crippen molar-refractivity contribution in [1.82, 2.24) is 0 Å². The van der Waals surface area contributed by atoms with Crippen molar-refractivity contribution in [1.29, 1.82) is 0 Å². The quantitative estimate of drug-likeness (QED) is 0.762. The van der Waals surface area contributed by atoms with Crippen LogP contribution in [-0.4, -0.2) is 36.6 Å². The van der Waals surface area contributed by atoms with Crippen LogP contribution in [0.1, 0.15) is 59.3 Å². The first-order valence-corrected chi connectivity index (χ1v) is 7.33. The Morgan fingerprint density at radius 2 is 2.00 bits per heavy atom. The predicted octanol–water partition coefficient (Wildman–Crippen LogP) is 3.15. The maximum Gasteiger partial charge on any atom is 0.0836 e. The minimum absolute atomic E-state index is 0.0305. The summed E-state index contributed by atoms with van der Waals surface area (Å²) in [5.41, 5.74) is -0.136. The summed E-state index contributed by atoms with van der Waals surface area (Å²) in [5, 5.41) is 9.99. The molecule has 1 rings (SSSR count). The number of hydrogen-bond acceptors (Lipinski definition) is 3. The molecule has 0 aromatic carbocycles. The molecule has 0 aliphatic heterocycles. The summed E-state index contributed by atoms with van der Waals surface area (Å²) < 4.78 is 11.3. The summed E-state index contributed by atoms with van der Waals surface area (Å²) in [6.45, 7) is 7.02. The molecule has 0 aromatic rings. The van der Waals surface area contributed by atoms with Crippen LogP contribution in [0.2, 0.25) is 0 Å². The minimum Gasteiger partial charge on any atom is -0.390 e. The van der Waals surface area contributed by atoms with Crippen molar-refractivity contribution >= 4 is 0 Å². The second kappa shape index (κ2) is 7.46. The fraction of sp³-hybridized carbons (Fsp3) is 1.00. The second-order valence-corrected chi connectivity index (χ2v) is 6.16. The molecule has 1 aliphatic rings. The normalized spacial score (nSPS) is 29.5. The van der Waals surface area contributed by atoms with Crippen LogP contribution >= 0.6 is 0 Å². The fourth-order valence-corrected chi connectivity index (χ4v) is 2.60. The molecule has 1 saturated carbocycles. The van der Waals surface area contributed by atoms with E-state index in [-0.39, 0.29) is 17.8 Å². The Balaban J connectivity index is 2.30. The first kappa shape index (κ1) is 15.9. The van der Waals surface area contributed by atoms with Gasteiger partial charge in [-0.15, -0.1) is 0 Å². The van der Waals surface area contributed by atoms with Gasteiger partial charge in [0.25, 0.3) is 0 Å². The lowest BCUT2D eigenvalue weighted by atomic mass is 9.83. The molecule has 3 heteroatoms. The molecule has 0 heterocycles. The van der Waals surface area contributed by atoms with E-state index in [4.69, 9.17) is 9.47 Å². The molecule has 108 valence electrons. The number of rotatable bonds is 7. The molecular weight excluding hydrogens is 228 g/mol. The first-order chi connectivity index (χ1) is 8.48. The van der Waals surface area contributed by atoms with Gasteiger partial charge >= 0.3 is 0 Å². The van der Waals surface area contributed by atoms with Crippen LogP contribution in [0.5, 0.6) is 0 Å². The van der Waals surface area contributed by atoms with E-state index in [1.165, 1.54) is 12.8 Å². The third-order valence-electron chi connectivity index (χ3n) is 4.15. The van der Waals surface area contributed by atoms with Gasteiger partial charge in [-0.05, 0) is 45.4 Å². The van der Waals surface area contributed by atoms with Crippen LogP contribution in [0, 0.1) is 5.92 Å². The zero-order chi connectivity index (χ0) is 13.6. The molecule has 0 amide bonds. The lowest BCUT2D eigenvalue weighted by molar-refractivity contribution is -0.0887. The Kier molecular flexibility index (Phi) is 6.61. The molecule has 3 atom stereocenters. The van der Waals surface area contributed by atoms with E-state index in [0.29, 0.717) is 6.61 Å². The molecule has 0 spiro atoms. The maximum absolute atomic E-state index is 9.99. The number of hydrogen-bond donors (Lipinski definition) is 1. The molecule has 1 aliphatic carbocycles. The molecule has 0 bridgehead atoms. The molecule has 1 fully saturated rings. The summed E-state index contributed by atoms with van der Waals surface area (Å²) in [6, 6.07) is 0. The molecule has 0 radical (unpaired) electrons. The van der Waals surface area contributed by atoms with Gasteiger partial charge in [0.15, 0.2) is 0 Å². The highest BCUT2D eigenvalue weighted by Gasteiger charge is 2.29. The number of methoxy groups -OCH3 is 1. The smallest absolute Gasteiger partial charge is 0.0836 e. The lowest BCUT2D eigenvalue weighted by Crippen LogP contribution is -2.37. The summed E-state index contributed by atoms with van der Waals surface area (Å²) in [7, 11) is 1.73. The van der Waals surface area contributed by atoms with E-state index in [0.717, 1.165) is 31.6 Å². The van der Waals surface area contributed by atoms with Gasteiger partial charge in [0, 0.05) is 13.7 Å². The summed E-state index contributed by atoms with van der Waals surface area (Å²) in [5.74, 6) is 0.735. The van der Waals surface area contributed by atoms with Crippen molar-refractivity contribution in [2.75, 3.05) is 13.7 Å². The van der Waals surface area contributed by atoms with Crippen LogP contribution in [0.25, 0.3) is 0 Å². The third kappa shape index (κ3) is 5.25. The Labute approximate surface area is 112 Å². The van der Waals surface area contributed by atoms with Gasteiger partial charge in [-0.3, -0.25) is 0 Å². The van der Waals surface area contributed by atoms with E-state index < -0.39 is 0 Å². The van der Waals surface area contributed by atoms with Gasteiger partial charge in [-0.1, -0.05) is 19.8 Å². The largest absolute Gasteiger partial charge is 0.390 e. The lowest BCUT2D eigenvalue weighted by Gasteiger charge is -2.34. The Morgan fingerprint density at radius 3 is 2.61 bits per heavy atom. The van der Waals surface area contributed by atoms with Crippen molar-refractivity contribution in [3.63, 3.8) is 0 Å². The van der Waals surface area contributed by atoms with Gasteiger partial charge in [0.1, 0.15) is 0 Å². The van der Waals surface area contributed by atoms with E-state index in [9.17, 15) is 5.11 Å². The molecule has 18 heavy (non-hydrogen) atoms. The van der Waals surface area contributed by atoms with Crippen molar-refractivity contribution in [2.45, 2.75) is 77.1 Å². The monoisotopic (exact) mass is 258 g/mol. The van der Waals surface area contributed by atoms with Crippen molar-refractivity contribution in [2.24, 2.45) is 5.92 Å². The van der Waals surface area contributed by atoms with E-state index >= 15 is 0 Å². The maximum atomic E-state index is 9.99. The standard InChI is InChI=1S/C15H30O3/c1-5-6-12-7-8-13(16)14(11-12)18-10-9-15(2,3)17-4/h12-14,16H,5-11H2,1-4H3. The fourth-order valence-electron chi connectivity index (χ4n) is 2.60. The van der Waals surface area contributed by atoms with Crippen molar-refractivity contribution in [3.05, 3.63) is 0 Å². The molecule has 0 aromatic heterocycles. The van der Waals surface area contributed by atoms with E-state index in [1.807, 2.05) is 0 Å².